The molecule has 4 rings (SSSR count). The van der Waals surface area contributed by atoms with Crippen LogP contribution in [0.3, 0.4) is 0 Å². The van der Waals surface area contributed by atoms with Gasteiger partial charge in [0.05, 0.1) is 11.7 Å². The van der Waals surface area contributed by atoms with Crippen LogP contribution in [0, 0.1) is 11.8 Å². The standard InChI is InChI=1S/C25H31ClN6O3/c1-15-8-16(2)13-32(12-15)25-27-11-19(26)23(29-25)28-18-6-7-20-17(9-18)10-21(24(34)31(20)5)35-14-22(33)30(3)4/h6-7,9-11,15-16H,8,12-14H2,1-5H3,(H,27,28,29). The van der Waals surface area contributed by atoms with Gasteiger partial charge in [0.15, 0.2) is 18.2 Å². The Morgan fingerprint density at radius 3 is 2.63 bits per heavy atom. The van der Waals surface area contributed by atoms with Crippen LogP contribution in [0.25, 0.3) is 10.9 Å². The molecular formula is C25H31ClN6O3. The Morgan fingerprint density at radius 2 is 1.94 bits per heavy atom. The molecule has 1 aromatic carbocycles. The number of anilines is 3. The summed E-state index contributed by atoms with van der Waals surface area (Å²) in [6, 6.07) is 7.24. The lowest BCUT2D eigenvalue weighted by molar-refractivity contribution is -0.130. The van der Waals surface area contributed by atoms with Gasteiger partial charge in [-0.05, 0) is 42.5 Å². The molecule has 3 heterocycles. The molecule has 2 unspecified atom stereocenters. The summed E-state index contributed by atoms with van der Waals surface area (Å²) in [6.07, 6.45) is 2.82. The molecule has 0 spiro atoms. The van der Waals surface area contributed by atoms with Crippen LogP contribution in [0.4, 0.5) is 17.5 Å². The van der Waals surface area contributed by atoms with Crippen molar-refractivity contribution in [3.05, 3.63) is 45.8 Å². The fraction of sp³-hybridized carbons (Fsp3) is 0.440. The molecule has 0 radical (unpaired) electrons. The molecule has 2 atom stereocenters. The minimum Gasteiger partial charge on any atom is -0.478 e. The first kappa shape index (κ1) is 24.8. The number of amides is 1. The summed E-state index contributed by atoms with van der Waals surface area (Å²) in [4.78, 5) is 37.4. The van der Waals surface area contributed by atoms with Gasteiger partial charge in [-0.2, -0.15) is 4.98 Å². The van der Waals surface area contributed by atoms with E-state index < -0.39 is 0 Å². The summed E-state index contributed by atoms with van der Waals surface area (Å²) < 4.78 is 7.04. The average molecular weight is 499 g/mol. The molecule has 1 saturated heterocycles. The molecule has 3 aromatic rings. The number of piperidine rings is 1. The van der Waals surface area contributed by atoms with Gasteiger partial charge in [-0.3, -0.25) is 9.59 Å². The lowest BCUT2D eigenvalue weighted by atomic mass is 9.92. The number of pyridine rings is 1. The summed E-state index contributed by atoms with van der Waals surface area (Å²) in [5.41, 5.74) is 1.18. The van der Waals surface area contributed by atoms with Crippen LogP contribution in [-0.2, 0) is 11.8 Å². The maximum Gasteiger partial charge on any atom is 0.293 e. The number of ether oxygens (including phenoxy) is 1. The second-order valence-corrected chi connectivity index (χ2v) is 9.97. The van der Waals surface area contributed by atoms with Gasteiger partial charge in [0, 0.05) is 45.3 Å². The van der Waals surface area contributed by atoms with E-state index in [1.165, 1.54) is 15.9 Å². The van der Waals surface area contributed by atoms with Crippen molar-refractivity contribution >= 4 is 45.9 Å². The highest BCUT2D eigenvalue weighted by molar-refractivity contribution is 6.32. The number of nitrogens with zero attached hydrogens (tertiary/aromatic N) is 5. The van der Waals surface area contributed by atoms with Crippen LogP contribution in [0.1, 0.15) is 20.3 Å². The first-order valence-corrected chi connectivity index (χ1v) is 12.0. The summed E-state index contributed by atoms with van der Waals surface area (Å²) in [5.74, 6) is 2.20. The molecule has 0 aliphatic carbocycles. The van der Waals surface area contributed by atoms with Gasteiger partial charge < -0.3 is 24.4 Å². The molecular weight excluding hydrogens is 468 g/mol. The van der Waals surface area contributed by atoms with Gasteiger partial charge >= 0.3 is 0 Å². The Labute approximate surface area is 209 Å². The monoisotopic (exact) mass is 498 g/mol. The van der Waals surface area contributed by atoms with Crippen LogP contribution in [0.2, 0.25) is 5.02 Å². The highest BCUT2D eigenvalue weighted by Gasteiger charge is 2.24. The third-order valence-corrected chi connectivity index (χ3v) is 6.46. The molecule has 0 saturated carbocycles. The number of benzene rings is 1. The molecule has 10 heteroatoms. The first-order valence-electron chi connectivity index (χ1n) is 11.6. The van der Waals surface area contributed by atoms with E-state index in [9.17, 15) is 9.59 Å². The number of aromatic nitrogens is 3. The number of fused-ring (bicyclic) bond motifs is 1. The zero-order valence-corrected chi connectivity index (χ0v) is 21.5. The smallest absolute Gasteiger partial charge is 0.293 e. The van der Waals surface area contributed by atoms with Gasteiger partial charge in [0.2, 0.25) is 5.95 Å². The molecule has 2 aromatic heterocycles. The maximum absolute atomic E-state index is 12.7. The summed E-state index contributed by atoms with van der Waals surface area (Å²) in [7, 11) is 4.95. The third-order valence-electron chi connectivity index (χ3n) is 6.19. The molecule has 9 nitrogen and oxygen atoms in total. The number of nitrogens with one attached hydrogen (secondary N) is 1. The predicted octanol–water partition coefficient (Wildman–Crippen LogP) is 3.67. The van der Waals surface area contributed by atoms with Crippen molar-refractivity contribution in [3.8, 4) is 5.75 Å². The number of likely N-dealkylation sites (N-methyl/N-ethyl adjacent to an activating group) is 1. The van der Waals surface area contributed by atoms with Crippen molar-refractivity contribution < 1.29 is 9.53 Å². The van der Waals surface area contributed by atoms with Crippen LogP contribution in [-0.4, -0.2) is 59.1 Å². The number of hydrogen-bond donors (Lipinski definition) is 1. The van der Waals surface area contributed by atoms with Crippen molar-refractivity contribution in [1.82, 2.24) is 19.4 Å². The van der Waals surface area contributed by atoms with Gasteiger partial charge in [0.25, 0.3) is 11.5 Å². The highest BCUT2D eigenvalue weighted by Crippen LogP contribution is 2.29. The largest absolute Gasteiger partial charge is 0.478 e. The van der Waals surface area contributed by atoms with Gasteiger partial charge in [0.1, 0.15) is 5.02 Å². The van der Waals surface area contributed by atoms with Crippen LogP contribution in [0.5, 0.6) is 5.75 Å². The third kappa shape index (κ3) is 5.51. The van der Waals surface area contributed by atoms with E-state index in [0.717, 1.165) is 29.7 Å². The van der Waals surface area contributed by atoms with E-state index in [-0.39, 0.29) is 23.8 Å². The van der Waals surface area contributed by atoms with E-state index in [1.807, 2.05) is 18.2 Å². The van der Waals surface area contributed by atoms with Gasteiger partial charge in [-0.25, -0.2) is 4.98 Å². The zero-order chi connectivity index (χ0) is 25.3. The molecule has 1 aliphatic rings. The second kappa shape index (κ2) is 10.1. The number of hydrogen-bond acceptors (Lipinski definition) is 7. The molecule has 35 heavy (non-hydrogen) atoms. The van der Waals surface area contributed by atoms with Crippen molar-refractivity contribution in [3.63, 3.8) is 0 Å². The topological polar surface area (TPSA) is 92.6 Å². The quantitative estimate of drug-likeness (QED) is 0.554. The molecule has 1 fully saturated rings. The zero-order valence-electron chi connectivity index (χ0n) is 20.7. The molecule has 1 amide bonds. The van der Waals surface area contributed by atoms with Crippen LogP contribution >= 0.6 is 11.6 Å². The minimum atomic E-state index is -0.307. The first-order chi connectivity index (χ1) is 16.6. The minimum absolute atomic E-state index is 0.114. The van der Waals surface area contributed by atoms with E-state index in [4.69, 9.17) is 21.3 Å². The lowest BCUT2D eigenvalue weighted by Crippen LogP contribution is -2.39. The van der Waals surface area contributed by atoms with E-state index in [2.05, 4.69) is 29.0 Å². The van der Waals surface area contributed by atoms with E-state index in [0.29, 0.717) is 28.6 Å². The Hall–Kier alpha value is -3.33. The van der Waals surface area contributed by atoms with Crippen LogP contribution < -0.4 is 20.5 Å². The van der Waals surface area contributed by atoms with Crippen molar-refractivity contribution in [2.45, 2.75) is 20.3 Å². The Balaban J connectivity index is 1.61. The Bertz CT molecular complexity index is 1300. The van der Waals surface area contributed by atoms with Crippen LogP contribution in [0.15, 0.2) is 35.3 Å². The maximum atomic E-state index is 12.7. The molecule has 1 N–H and O–H groups in total. The highest BCUT2D eigenvalue weighted by atomic mass is 35.5. The van der Waals surface area contributed by atoms with E-state index in [1.54, 1.807) is 33.4 Å². The molecule has 186 valence electrons. The van der Waals surface area contributed by atoms with Crippen molar-refractivity contribution in [1.29, 1.82) is 0 Å². The van der Waals surface area contributed by atoms with Gasteiger partial charge in [-0.1, -0.05) is 25.4 Å². The van der Waals surface area contributed by atoms with Crippen molar-refractivity contribution in [2.75, 3.05) is 44.0 Å². The second-order valence-electron chi connectivity index (χ2n) is 9.57. The average Bonchev–Trinajstić information content (AvgIpc) is 2.81. The van der Waals surface area contributed by atoms with Gasteiger partial charge in [-0.15, -0.1) is 0 Å². The lowest BCUT2D eigenvalue weighted by Gasteiger charge is -2.35. The Kier molecular flexibility index (Phi) is 7.16. The predicted molar refractivity (Wildman–Crippen MR) is 139 cm³/mol. The Morgan fingerprint density at radius 1 is 1.23 bits per heavy atom. The summed E-state index contributed by atoms with van der Waals surface area (Å²) >= 11 is 6.42. The van der Waals surface area contributed by atoms with E-state index >= 15 is 0 Å². The number of carbonyl (C=O) groups excluding carboxylic acids is 1. The van der Waals surface area contributed by atoms with Crippen molar-refractivity contribution in [2.24, 2.45) is 18.9 Å². The number of rotatable bonds is 6. The summed E-state index contributed by atoms with van der Waals surface area (Å²) in [6.45, 7) is 6.10. The fourth-order valence-corrected chi connectivity index (χ4v) is 4.60. The number of aryl methyl sites for hydroxylation is 1. The number of halogens is 1. The molecule has 0 bridgehead atoms. The number of carbonyl (C=O) groups is 1. The summed E-state index contributed by atoms with van der Waals surface area (Å²) in [5, 5.41) is 4.47. The SMILES string of the molecule is CC1CC(C)CN(c2ncc(Cl)c(Nc3ccc4c(c3)cc(OCC(=O)N(C)C)c(=O)n4C)n2)C1. The normalized spacial score (nSPS) is 17.9. The fourth-order valence-electron chi connectivity index (χ4n) is 4.46. The molecule has 1 aliphatic heterocycles.